The first-order valence-electron chi connectivity index (χ1n) is 14.4. The quantitative estimate of drug-likeness (QED) is 0.569. The van der Waals surface area contributed by atoms with Gasteiger partial charge in [-0.1, -0.05) is 50.1 Å². The van der Waals surface area contributed by atoms with Crippen LogP contribution >= 0.6 is 0 Å². The molecule has 2 aromatic rings. The van der Waals surface area contributed by atoms with E-state index in [1.165, 1.54) is 0 Å². The molecule has 7 heteroatoms. The molecular weight excluding hydrogens is 476 g/mol. The van der Waals surface area contributed by atoms with E-state index in [4.69, 9.17) is 0 Å². The number of hydrogen-bond acceptors (Lipinski definition) is 4. The number of benzene rings is 2. The molecule has 5 rings (SSSR count). The summed E-state index contributed by atoms with van der Waals surface area (Å²) in [5.41, 5.74) is 3.29. The smallest absolute Gasteiger partial charge is 0.256 e. The lowest BCUT2D eigenvalue weighted by Crippen LogP contribution is -2.50. The largest absolute Gasteiger partial charge is 0.367 e. The minimum Gasteiger partial charge on any atom is -0.367 e. The number of likely N-dealkylation sites (tertiary alicyclic amines) is 1. The highest BCUT2D eigenvalue weighted by Crippen LogP contribution is 2.31. The Morgan fingerprint density at radius 3 is 2.18 bits per heavy atom. The fraction of sp³-hybridized carbons (Fsp3) is 0.516. The van der Waals surface area contributed by atoms with Crippen molar-refractivity contribution in [2.45, 2.75) is 57.8 Å². The van der Waals surface area contributed by atoms with Crippen LogP contribution in [0.25, 0.3) is 0 Å². The molecule has 0 bridgehead atoms. The minimum absolute atomic E-state index is 0.0306. The summed E-state index contributed by atoms with van der Waals surface area (Å²) >= 11 is 0. The molecule has 202 valence electrons. The van der Waals surface area contributed by atoms with Crippen molar-refractivity contribution < 1.29 is 14.4 Å². The number of nitrogens with zero attached hydrogens (tertiary/aromatic N) is 3. The van der Waals surface area contributed by atoms with Crippen molar-refractivity contribution in [1.29, 1.82) is 0 Å². The molecule has 0 aromatic heterocycles. The molecule has 2 aromatic carbocycles. The first-order valence-corrected chi connectivity index (χ1v) is 14.4. The molecule has 2 heterocycles. The predicted octanol–water partition coefficient (Wildman–Crippen LogP) is 4.89. The fourth-order valence-electron chi connectivity index (χ4n) is 6.21. The molecule has 1 saturated carbocycles. The van der Waals surface area contributed by atoms with Crippen LogP contribution in [0.2, 0.25) is 0 Å². The second-order valence-corrected chi connectivity index (χ2v) is 10.9. The van der Waals surface area contributed by atoms with Crippen LogP contribution in [0.3, 0.4) is 0 Å². The molecule has 3 fully saturated rings. The maximum absolute atomic E-state index is 13.6. The Morgan fingerprint density at radius 1 is 0.842 bits per heavy atom. The van der Waals surface area contributed by atoms with Crippen LogP contribution in [0.1, 0.15) is 73.7 Å². The second-order valence-electron chi connectivity index (χ2n) is 10.9. The van der Waals surface area contributed by atoms with Crippen molar-refractivity contribution in [3.8, 4) is 0 Å². The van der Waals surface area contributed by atoms with Crippen molar-refractivity contribution in [3.05, 3.63) is 59.7 Å². The average molecular weight is 517 g/mol. The second kappa shape index (κ2) is 12.0. The summed E-state index contributed by atoms with van der Waals surface area (Å²) in [6, 6.07) is 15.8. The fourth-order valence-corrected chi connectivity index (χ4v) is 6.21. The van der Waals surface area contributed by atoms with Crippen molar-refractivity contribution in [1.82, 2.24) is 9.80 Å². The Labute approximate surface area is 226 Å². The topological polar surface area (TPSA) is 73.0 Å². The van der Waals surface area contributed by atoms with Crippen molar-refractivity contribution in [2.75, 3.05) is 49.5 Å². The third kappa shape index (κ3) is 5.71. The van der Waals surface area contributed by atoms with Gasteiger partial charge in [0, 0.05) is 56.6 Å². The molecule has 0 unspecified atom stereocenters. The van der Waals surface area contributed by atoms with E-state index in [0.717, 1.165) is 69.3 Å². The Morgan fingerprint density at radius 2 is 1.53 bits per heavy atom. The molecule has 1 N–H and O–H groups in total. The van der Waals surface area contributed by atoms with Crippen LogP contribution < -0.4 is 10.2 Å². The SMILES string of the molecule is CC[C@H](C(=O)N1CCN(c2ccc(NC(=O)C3CCCC3)cc2C(=O)N2CCCC2)CC1)c1ccccc1. The number of piperazine rings is 1. The molecule has 7 nitrogen and oxygen atoms in total. The Bertz CT molecular complexity index is 1130. The lowest BCUT2D eigenvalue weighted by atomic mass is 9.94. The van der Waals surface area contributed by atoms with Crippen LogP contribution in [0, 0.1) is 5.92 Å². The van der Waals surface area contributed by atoms with Crippen LogP contribution in [-0.4, -0.2) is 66.8 Å². The molecule has 3 amide bonds. The number of carbonyl (C=O) groups is 3. The highest BCUT2D eigenvalue weighted by Gasteiger charge is 2.30. The third-order valence-corrected chi connectivity index (χ3v) is 8.45. The zero-order valence-corrected chi connectivity index (χ0v) is 22.5. The third-order valence-electron chi connectivity index (χ3n) is 8.45. The first kappa shape index (κ1) is 26.3. The first-order chi connectivity index (χ1) is 18.5. The molecule has 2 aliphatic heterocycles. The molecule has 0 radical (unpaired) electrons. The number of hydrogen-bond donors (Lipinski definition) is 1. The van der Waals surface area contributed by atoms with Gasteiger partial charge in [-0.25, -0.2) is 0 Å². The molecule has 2 saturated heterocycles. The summed E-state index contributed by atoms with van der Waals surface area (Å²) in [6.45, 7) is 6.21. The minimum atomic E-state index is -0.127. The van der Waals surface area contributed by atoms with Crippen molar-refractivity contribution >= 4 is 29.1 Å². The standard InChI is InChI=1S/C31H40N4O3/c1-2-26(23-10-4-3-5-11-23)30(37)35-20-18-33(19-21-35)28-15-14-25(32-29(36)24-12-6-7-13-24)22-27(28)31(38)34-16-8-9-17-34/h3-5,10-11,14-15,22,24,26H,2,6-9,12-13,16-21H2,1H3,(H,32,36)/t26-/m0/s1. The van der Waals surface area contributed by atoms with Crippen molar-refractivity contribution in [3.63, 3.8) is 0 Å². The van der Waals surface area contributed by atoms with Gasteiger partial charge in [-0.3, -0.25) is 14.4 Å². The number of carbonyl (C=O) groups excluding carboxylic acids is 3. The maximum atomic E-state index is 13.6. The normalized spacial score (nSPS) is 19.0. The maximum Gasteiger partial charge on any atom is 0.256 e. The van der Waals surface area contributed by atoms with Gasteiger partial charge in [-0.2, -0.15) is 0 Å². The van der Waals surface area contributed by atoms with E-state index < -0.39 is 0 Å². The van der Waals surface area contributed by atoms with Crippen molar-refractivity contribution in [2.24, 2.45) is 5.92 Å². The summed E-state index contributed by atoms with van der Waals surface area (Å²) in [5, 5.41) is 3.08. The van der Waals surface area contributed by atoms with E-state index in [-0.39, 0.29) is 29.6 Å². The van der Waals surface area contributed by atoms with Crippen LogP contribution in [-0.2, 0) is 9.59 Å². The highest BCUT2D eigenvalue weighted by molar-refractivity contribution is 6.02. The van der Waals surface area contributed by atoms with Gasteiger partial charge in [0.2, 0.25) is 11.8 Å². The molecule has 1 atom stereocenters. The van der Waals surface area contributed by atoms with E-state index in [1.807, 2.05) is 58.3 Å². The lowest BCUT2D eigenvalue weighted by Gasteiger charge is -2.38. The Hall–Kier alpha value is -3.35. The Balaban J connectivity index is 1.31. The van der Waals surface area contributed by atoms with Gasteiger partial charge in [0.15, 0.2) is 0 Å². The Kier molecular flexibility index (Phi) is 8.30. The van der Waals surface area contributed by atoms with Gasteiger partial charge in [0.25, 0.3) is 5.91 Å². The van der Waals surface area contributed by atoms with Gasteiger partial charge >= 0.3 is 0 Å². The van der Waals surface area contributed by atoms with Crippen LogP contribution in [0.5, 0.6) is 0 Å². The predicted molar refractivity (Wildman–Crippen MR) is 150 cm³/mol. The van der Waals surface area contributed by atoms with E-state index in [2.05, 4.69) is 17.1 Å². The average Bonchev–Trinajstić information content (AvgIpc) is 3.69. The van der Waals surface area contributed by atoms with E-state index in [1.54, 1.807) is 0 Å². The molecular formula is C31H40N4O3. The summed E-state index contributed by atoms with van der Waals surface area (Å²) in [5.74, 6) is 0.212. The molecule has 1 aliphatic carbocycles. The highest BCUT2D eigenvalue weighted by atomic mass is 16.2. The number of amides is 3. The number of anilines is 2. The molecule has 3 aliphatic rings. The lowest BCUT2D eigenvalue weighted by molar-refractivity contribution is -0.133. The van der Waals surface area contributed by atoms with E-state index >= 15 is 0 Å². The van der Waals surface area contributed by atoms with E-state index in [0.29, 0.717) is 37.4 Å². The van der Waals surface area contributed by atoms with E-state index in [9.17, 15) is 14.4 Å². The van der Waals surface area contributed by atoms with Gasteiger partial charge in [0.05, 0.1) is 11.5 Å². The van der Waals surface area contributed by atoms with Gasteiger partial charge in [0.1, 0.15) is 0 Å². The van der Waals surface area contributed by atoms with Gasteiger partial charge < -0.3 is 20.0 Å². The van der Waals surface area contributed by atoms with Crippen LogP contribution in [0.15, 0.2) is 48.5 Å². The summed E-state index contributed by atoms with van der Waals surface area (Å²) in [7, 11) is 0. The van der Waals surface area contributed by atoms with Gasteiger partial charge in [-0.15, -0.1) is 0 Å². The number of nitrogens with one attached hydrogen (secondary N) is 1. The summed E-state index contributed by atoms with van der Waals surface area (Å²) < 4.78 is 0. The summed E-state index contributed by atoms with van der Waals surface area (Å²) in [4.78, 5) is 45.8. The van der Waals surface area contributed by atoms with Crippen LogP contribution in [0.4, 0.5) is 11.4 Å². The zero-order chi connectivity index (χ0) is 26.5. The zero-order valence-electron chi connectivity index (χ0n) is 22.5. The summed E-state index contributed by atoms with van der Waals surface area (Å²) in [6.07, 6.45) is 6.92. The molecule has 0 spiro atoms. The monoisotopic (exact) mass is 516 g/mol. The van der Waals surface area contributed by atoms with Gasteiger partial charge in [-0.05, 0) is 55.9 Å². The number of rotatable bonds is 7. The molecule has 38 heavy (non-hydrogen) atoms.